The number of thioether (sulfide) groups is 1. The molecule has 0 aliphatic carbocycles. The lowest BCUT2D eigenvalue weighted by Gasteiger charge is -2.14. The second kappa shape index (κ2) is 10.4. The van der Waals surface area contributed by atoms with Crippen molar-refractivity contribution >= 4 is 29.0 Å². The summed E-state index contributed by atoms with van der Waals surface area (Å²) in [6, 6.07) is 25.9. The van der Waals surface area contributed by atoms with Gasteiger partial charge in [0.15, 0.2) is 11.0 Å². The molecule has 0 bridgehead atoms. The summed E-state index contributed by atoms with van der Waals surface area (Å²) in [5.41, 5.74) is 5.15. The minimum atomic E-state index is -0.350. The van der Waals surface area contributed by atoms with E-state index in [2.05, 4.69) is 58.9 Å². The van der Waals surface area contributed by atoms with Crippen LogP contribution in [0.5, 0.6) is 0 Å². The van der Waals surface area contributed by atoms with Crippen molar-refractivity contribution in [3.63, 3.8) is 0 Å². The molecule has 0 saturated carbocycles. The number of para-hydroxylation sites is 1. The van der Waals surface area contributed by atoms with Crippen LogP contribution in [0.1, 0.15) is 23.9 Å². The molecule has 4 rings (SSSR count). The van der Waals surface area contributed by atoms with Crippen LogP contribution in [-0.4, -0.2) is 25.9 Å². The van der Waals surface area contributed by atoms with Crippen molar-refractivity contribution in [3.8, 4) is 5.69 Å². The van der Waals surface area contributed by atoms with Gasteiger partial charge in [-0.2, -0.15) is 0 Å². The van der Waals surface area contributed by atoms with E-state index in [1.165, 1.54) is 22.9 Å². The molecule has 33 heavy (non-hydrogen) atoms. The number of nitrogens with one attached hydrogen (secondary N) is 2. The molecule has 0 saturated heterocycles. The van der Waals surface area contributed by atoms with Crippen molar-refractivity contribution < 1.29 is 4.79 Å². The first-order valence-corrected chi connectivity index (χ1v) is 11.7. The fourth-order valence-electron chi connectivity index (χ4n) is 3.27. The maximum atomic E-state index is 12.8. The summed E-state index contributed by atoms with van der Waals surface area (Å²) >= 11 is 1.39. The zero-order valence-electron chi connectivity index (χ0n) is 18.9. The van der Waals surface area contributed by atoms with Crippen LogP contribution in [0.4, 0.5) is 11.4 Å². The molecule has 0 spiro atoms. The Morgan fingerprint density at radius 2 is 1.52 bits per heavy atom. The van der Waals surface area contributed by atoms with E-state index in [1.54, 1.807) is 0 Å². The van der Waals surface area contributed by atoms with Crippen LogP contribution >= 0.6 is 11.8 Å². The van der Waals surface area contributed by atoms with Crippen LogP contribution in [0, 0.1) is 13.8 Å². The Bertz CT molecular complexity index is 1200. The Kier molecular flexibility index (Phi) is 7.10. The predicted molar refractivity (Wildman–Crippen MR) is 135 cm³/mol. The van der Waals surface area contributed by atoms with Gasteiger partial charge in [-0.15, -0.1) is 10.2 Å². The summed E-state index contributed by atoms with van der Waals surface area (Å²) in [5.74, 6) is 0.696. The monoisotopic (exact) mass is 457 g/mol. The maximum absolute atomic E-state index is 12.8. The van der Waals surface area contributed by atoms with Crippen molar-refractivity contribution in [2.45, 2.75) is 37.7 Å². The highest BCUT2D eigenvalue weighted by Crippen LogP contribution is 2.27. The second-order valence-corrected chi connectivity index (χ2v) is 9.21. The molecule has 2 N–H and O–H groups in total. The largest absolute Gasteiger partial charge is 0.378 e. The Hall–Kier alpha value is -3.58. The molecule has 3 aromatic carbocycles. The Balaban J connectivity index is 1.55. The minimum Gasteiger partial charge on any atom is -0.378 e. The molecular formula is C26H27N5OS. The number of carbonyl (C=O) groups is 1. The topological polar surface area (TPSA) is 71.8 Å². The van der Waals surface area contributed by atoms with E-state index in [1.807, 2.05) is 66.1 Å². The summed E-state index contributed by atoms with van der Waals surface area (Å²) in [6.45, 7) is 6.51. The third-order valence-corrected chi connectivity index (χ3v) is 6.23. The minimum absolute atomic E-state index is 0.0796. The van der Waals surface area contributed by atoms with Gasteiger partial charge in [0.05, 0.1) is 11.8 Å². The van der Waals surface area contributed by atoms with Crippen molar-refractivity contribution in [2.24, 2.45) is 0 Å². The number of benzene rings is 3. The Morgan fingerprint density at radius 3 is 2.18 bits per heavy atom. The van der Waals surface area contributed by atoms with Gasteiger partial charge in [-0.25, -0.2) is 0 Å². The first kappa shape index (κ1) is 22.6. The van der Waals surface area contributed by atoms with E-state index < -0.39 is 0 Å². The summed E-state index contributed by atoms with van der Waals surface area (Å²) in [5, 5.41) is 15.6. The molecule has 168 valence electrons. The lowest BCUT2D eigenvalue weighted by atomic mass is 10.2. The average Bonchev–Trinajstić information content (AvgIpc) is 3.22. The number of hydrogen-bond acceptors (Lipinski definition) is 5. The van der Waals surface area contributed by atoms with Crippen molar-refractivity contribution in [1.29, 1.82) is 0 Å². The van der Waals surface area contributed by atoms with Gasteiger partial charge in [0, 0.05) is 17.1 Å². The second-order valence-electron chi connectivity index (χ2n) is 7.90. The Morgan fingerprint density at radius 1 is 0.879 bits per heavy atom. The molecule has 1 aromatic heterocycles. The van der Waals surface area contributed by atoms with Gasteiger partial charge >= 0.3 is 0 Å². The number of anilines is 2. The Labute approximate surface area is 198 Å². The van der Waals surface area contributed by atoms with Crippen LogP contribution in [0.2, 0.25) is 0 Å². The van der Waals surface area contributed by atoms with E-state index >= 15 is 0 Å². The van der Waals surface area contributed by atoms with Crippen LogP contribution in [0.25, 0.3) is 5.69 Å². The maximum Gasteiger partial charge on any atom is 0.237 e. The van der Waals surface area contributed by atoms with E-state index in [4.69, 9.17) is 0 Å². The van der Waals surface area contributed by atoms with Crippen LogP contribution in [0.3, 0.4) is 0 Å². The molecule has 0 aliphatic heterocycles. The summed E-state index contributed by atoms with van der Waals surface area (Å²) in [4.78, 5) is 12.8. The first-order chi connectivity index (χ1) is 16.0. The molecule has 6 nitrogen and oxygen atoms in total. The van der Waals surface area contributed by atoms with Crippen molar-refractivity contribution in [1.82, 2.24) is 14.8 Å². The van der Waals surface area contributed by atoms with Gasteiger partial charge < -0.3 is 10.6 Å². The SMILES string of the molecule is Cc1ccc(NCc2nnc(S[C@@H](C)C(=O)Nc3ccccc3)n2-c2ccc(C)cc2)cc1. The normalized spacial score (nSPS) is 11.7. The molecule has 0 radical (unpaired) electrons. The average molecular weight is 458 g/mol. The summed E-state index contributed by atoms with van der Waals surface area (Å²) in [7, 11) is 0. The molecule has 1 atom stereocenters. The summed E-state index contributed by atoms with van der Waals surface area (Å²) < 4.78 is 2.01. The van der Waals surface area contributed by atoms with Crippen LogP contribution in [-0.2, 0) is 11.3 Å². The number of aromatic nitrogens is 3. The third-order valence-electron chi connectivity index (χ3n) is 5.19. The lowest BCUT2D eigenvalue weighted by Crippen LogP contribution is -2.23. The number of hydrogen-bond donors (Lipinski definition) is 2. The third kappa shape index (κ3) is 5.81. The van der Waals surface area contributed by atoms with Gasteiger partial charge in [-0.1, -0.05) is 65.4 Å². The highest BCUT2D eigenvalue weighted by molar-refractivity contribution is 8.00. The van der Waals surface area contributed by atoms with Gasteiger partial charge in [-0.05, 0) is 57.2 Å². The first-order valence-electron chi connectivity index (χ1n) is 10.8. The quantitative estimate of drug-likeness (QED) is 0.336. The number of carbonyl (C=O) groups excluding carboxylic acids is 1. The zero-order chi connectivity index (χ0) is 23.2. The van der Waals surface area contributed by atoms with Crippen molar-refractivity contribution in [2.75, 3.05) is 10.6 Å². The van der Waals surface area contributed by atoms with Gasteiger partial charge in [0.1, 0.15) is 0 Å². The fraction of sp³-hybridized carbons (Fsp3) is 0.192. The van der Waals surface area contributed by atoms with Gasteiger partial charge in [0.25, 0.3) is 0 Å². The van der Waals surface area contributed by atoms with Gasteiger partial charge in [0.2, 0.25) is 5.91 Å². The molecular weight excluding hydrogens is 430 g/mol. The molecule has 1 amide bonds. The molecule has 1 heterocycles. The molecule has 0 aliphatic rings. The fourth-order valence-corrected chi connectivity index (χ4v) is 4.16. The molecule has 7 heteroatoms. The highest BCUT2D eigenvalue weighted by atomic mass is 32.2. The number of aryl methyl sites for hydroxylation is 2. The number of rotatable bonds is 8. The molecule has 0 unspecified atom stereocenters. The summed E-state index contributed by atoms with van der Waals surface area (Å²) in [6.07, 6.45) is 0. The van der Waals surface area contributed by atoms with Crippen LogP contribution < -0.4 is 10.6 Å². The molecule has 0 fully saturated rings. The predicted octanol–water partition coefficient (Wildman–Crippen LogP) is 5.62. The lowest BCUT2D eigenvalue weighted by molar-refractivity contribution is -0.115. The van der Waals surface area contributed by atoms with E-state index in [0.29, 0.717) is 11.7 Å². The standard InChI is InChI=1S/C26H27N5OS/c1-18-9-13-21(14-10-18)27-17-24-29-30-26(31(24)23-15-11-19(2)12-16-23)33-20(3)25(32)28-22-7-5-4-6-8-22/h4-16,20,27H,17H2,1-3H3,(H,28,32)/t20-/m0/s1. The number of amides is 1. The zero-order valence-corrected chi connectivity index (χ0v) is 19.8. The van der Waals surface area contributed by atoms with E-state index in [-0.39, 0.29) is 11.2 Å². The van der Waals surface area contributed by atoms with Crippen LogP contribution in [0.15, 0.2) is 84.0 Å². The van der Waals surface area contributed by atoms with Gasteiger partial charge in [-0.3, -0.25) is 9.36 Å². The number of nitrogens with zero attached hydrogens (tertiary/aromatic N) is 3. The molecule has 4 aromatic rings. The smallest absolute Gasteiger partial charge is 0.237 e. The van der Waals surface area contributed by atoms with E-state index in [9.17, 15) is 4.79 Å². The van der Waals surface area contributed by atoms with E-state index in [0.717, 1.165) is 22.9 Å². The highest BCUT2D eigenvalue weighted by Gasteiger charge is 2.21. The van der Waals surface area contributed by atoms with Crippen molar-refractivity contribution in [3.05, 3.63) is 95.8 Å².